The Morgan fingerprint density at radius 2 is 0.570 bits per heavy atom. The number of halogens is 9. The Kier molecular flexibility index (Phi) is 15.8. The van der Waals surface area contributed by atoms with Gasteiger partial charge in [-0.2, -0.15) is 64.8 Å². The van der Waals surface area contributed by atoms with Crippen molar-refractivity contribution in [1.82, 2.24) is 0 Å². The molecule has 12 rings (SSSR count). The molecule has 0 aliphatic carbocycles. The van der Waals surface area contributed by atoms with E-state index in [9.17, 15) is 75.0 Å². The lowest BCUT2D eigenvalue weighted by molar-refractivity contribution is -0.0586. The molecule has 0 unspecified atom stereocenters. The van der Waals surface area contributed by atoms with Crippen LogP contribution in [0.5, 0.6) is 17.2 Å². The van der Waals surface area contributed by atoms with Crippen molar-refractivity contribution >= 4 is 95.0 Å². The van der Waals surface area contributed by atoms with Crippen molar-refractivity contribution in [3.8, 4) is 61.8 Å². The molecule has 438 valence electrons. The van der Waals surface area contributed by atoms with Crippen LogP contribution in [-0.4, -0.2) is 52.0 Å². The van der Waals surface area contributed by atoms with E-state index >= 15 is 0 Å². The fourth-order valence-corrected chi connectivity index (χ4v) is 11.9. The van der Waals surface area contributed by atoms with Crippen LogP contribution in [0.3, 0.4) is 0 Å². The zero-order valence-electron chi connectivity index (χ0n) is 44.1. The summed E-state index contributed by atoms with van der Waals surface area (Å²) in [5.41, 5.74) is -9.36. The van der Waals surface area contributed by atoms with Crippen LogP contribution >= 0.6 is 0 Å². The molecule has 0 spiro atoms. The van der Waals surface area contributed by atoms with Gasteiger partial charge in [-0.1, -0.05) is 163 Å². The van der Waals surface area contributed by atoms with Crippen molar-refractivity contribution in [1.29, 1.82) is 0 Å². The molecule has 86 heavy (non-hydrogen) atoms. The van der Waals surface area contributed by atoms with Crippen molar-refractivity contribution in [3.05, 3.63) is 224 Å². The summed E-state index contributed by atoms with van der Waals surface area (Å²) in [5, 5.41) is 33.5. The quantitative estimate of drug-likeness (QED) is 0.0648. The second kappa shape index (κ2) is 22.7. The van der Waals surface area contributed by atoms with Gasteiger partial charge in [0.25, 0.3) is 0 Å². The normalized spacial score (nSPS) is 12.5. The third kappa shape index (κ3) is 12.2. The predicted molar refractivity (Wildman–Crippen MR) is 314 cm³/mol. The maximum Gasteiger partial charge on any atom is 0.534 e. The predicted octanol–water partition coefficient (Wildman–Crippen LogP) is 17.6. The maximum absolute atomic E-state index is 12.9. The number of rotatable bonds is 8. The molecule has 2 N–H and O–H groups in total. The van der Waals surface area contributed by atoms with E-state index in [1.807, 2.05) is 64.3 Å². The van der Waals surface area contributed by atoms with Crippen LogP contribution in [-0.2, 0) is 34.0 Å². The molecule has 22 heteroatoms. The van der Waals surface area contributed by atoms with Gasteiger partial charge in [0, 0.05) is 0 Å². The third-order valence-corrected chi connectivity index (χ3v) is 17.3. The van der Waals surface area contributed by atoms with Gasteiger partial charge in [0.15, 0.2) is 0 Å². The van der Waals surface area contributed by atoms with Crippen molar-refractivity contribution < 1.29 is 82.8 Å². The minimum atomic E-state index is -6.85. The summed E-state index contributed by atoms with van der Waals surface area (Å²) in [6, 6.07) is 70.6. The molecule has 0 heterocycles. The third-order valence-electron chi connectivity index (χ3n) is 13.8. The fourth-order valence-electron chi connectivity index (χ4n) is 9.92. The number of aromatic hydroxyl groups is 2. The highest BCUT2D eigenvalue weighted by Crippen LogP contribution is 2.42. The van der Waals surface area contributed by atoms with Gasteiger partial charge in [-0.15, -0.1) is 3.63 Å². The lowest BCUT2D eigenvalue weighted by Crippen LogP contribution is -2.34. The Balaban J connectivity index is 0.000000157. The number of hydrogen-bond donors (Lipinski definition) is 2. The summed E-state index contributed by atoms with van der Waals surface area (Å²) >= 11 is 0. The molecule has 12 aromatic rings. The van der Waals surface area contributed by atoms with Crippen LogP contribution in [0.4, 0.5) is 39.5 Å². The molecular weight excluding hydrogens is 1200 g/mol. The first-order valence-corrected chi connectivity index (χ1v) is 29.6. The minimum Gasteiger partial charge on any atom is -0.508 e. The Morgan fingerprint density at radius 3 is 0.884 bits per heavy atom. The summed E-state index contributed by atoms with van der Waals surface area (Å²) in [6.45, 7) is 2.05. The van der Waals surface area contributed by atoms with Gasteiger partial charge < -0.3 is 14.4 Å². The molecule has 0 amide bonds. The Morgan fingerprint density at radius 1 is 0.291 bits per heavy atom. The smallest absolute Gasteiger partial charge is 0.508 e. The van der Waals surface area contributed by atoms with Gasteiger partial charge in [0.1, 0.15) is 17.2 Å². The SMILES string of the molecule is Cc1cccc(-c2ccc3c4ccccc4c4ccc(-c5cccc(OS(=O)(=O)C(F)(F)F)c5)cc4c3c2)c1.O=S(=O)(OS(=O)(=O)C(F)(F)F)C(F)(F)F.Oc1cccc(-c2ccc3c4ccccc4c4ccc(-c5cccc(O)c5)cc4c3c2)c1. The average Bonchev–Trinajstić information content (AvgIpc) is 0.881. The lowest BCUT2D eigenvalue weighted by Gasteiger charge is -2.14. The van der Waals surface area contributed by atoms with Crippen molar-refractivity contribution in [2.75, 3.05) is 0 Å². The van der Waals surface area contributed by atoms with E-state index in [0.29, 0.717) is 5.56 Å². The van der Waals surface area contributed by atoms with E-state index in [1.54, 1.807) is 30.3 Å². The van der Waals surface area contributed by atoms with Crippen LogP contribution in [0.15, 0.2) is 218 Å². The zero-order valence-corrected chi connectivity index (χ0v) is 46.5. The van der Waals surface area contributed by atoms with Crippen LogP contribution in [0, 0.1) is 6.92 Å². The van der Waals surface area contributed by atoms with Crippen LogP contribution < -0.4 is 4.18 Å². The van der Waals surface area contributed by atoms with E-state index in [-0.39, 0.29) is 11.5 Å². The van der Waals surface area contributed by atoms with E-state index in [1.165, 1.54) is 50.5 Å². The summed E-state index contributed by atoms with van der Waals surface area (Å²) < 4.78 is 176. The molecule has 0 aliphatic rings. The molecule has 0 bridgehead atoms. The first-order chi connectivity index (χ1) is 40.5. The first-order valence-electron chi connectivity index (χ1n) is 25.4. The molecule has 0 atom stereocenters. The van der Waals surface area contributed by atoms with Crippen molar-refractivity contribution in [2.24, 2.45) is 0 Å². The molecular formula is C64H41F9O10S3. The van der Waals surface area contributed by atoms with Gasteiger partial charge in [0.05, 0.1) is 0 Å². The first kappa shape index (κ1) is 59.9. The van der Waals surface area contributed by atoms with Crippen LogP contribution in [0.25, 0.3) is 109 Å². The average molecular weight is 1240 g/mol. The number of alkyl halides is 9. The molecule has 0 aromatic heterocycles. The van der Waals surface area contributed by atoms with Gasteiger partial charge >= 0.3 is 46.9 Å². The lowest BCUT2D eigenvalue weighted by atomic mass is 9.90. The topological polar surface area (TPSA) is 161 Å². The molecule has 0 saturated heterocycles. The Hall–Kier alpha value is -9.22. The molecule has 0 saturated carbocycles. The molecule has 12 aromatic carbocycles. The van der Waals surface area contributed by atoms with E-state index < -0.39 is 52.6 Å². The van der Waals surface area contributed by atoms with Gasteiger partial charge in [0.2, 0.25) is 0 Å². The molecule has 0 fully saturated rings. The summed E-state index contributed by atoms with van der Waals surface area (Å²) in [5.74, 6) is 0.115. The van der Waals surface area contributed by atoms with Gasteiger partial charge in [-0.3, -0.25) is 0 Å². The number of phenols is 2. The number of aryl methyl sites for hydroxylation is 1. The van der Waals surface area contributed by atoms with E-state index in [2.05, 4.69) is 120 Å². The second-order valence-corrected chi connectivity index (χ2v) is 24.3. The molecule has 0 radical (unpaired) electrons. The molecule has 10 nitrogen and oxygen atoms in total. The fraction of sp³-hybridized carbons (Fsp3) is 0.0625. The summed E-state index contributed by atoms with van der Waals surface area (Å²) in [7, 11) is -19.5. The highest BCUT2D eigenvalue weighted by Gasteiger charge is 2.57. The summed E-state index contributed by atoms with van der Waals surface area (Å²) in [6.07, 6.45) is 0. The standard InChI is InChI=1S/C32H21F3O3S.C30H20O2.C2F6O5S2/c1-20-6-4-7-21(16-20)23-12-14-28-26-10-2-3-11-27(26)29-15-13-24(19-31(29)30(28)18-23)22-8-5-9-25(17-22)38-39(36,37)32(33,34)35;31-23-7-3-5-19(15-23)21-11-13-27-25-9-1-2-10-26(25)28-14-12-22(18-30(28)29(27)17-21)20-6-4-8-24(32)16-20;3-1(4,5)14(9,10)13-15(11,12)2(6,7)8/h2-19H,1H3;1-18,31-32H;. The maximum atomic E-state index is 12.9. The molecule has 0 aliphatic heterocycles. The monoisotopic (exact) mass is 1240 g/mol. The number of fused-ring (bicyclic) bond motifs is 12. The van der Waals surface area contributed by atoms with E-state index in [0.717, 1.165) is 76.8 Å². The highest BCUT2D eigenvalue weighted by molar-refractivity contribution is 8.00. The zero-order chi connectivity index (χ0) is 61.7. The highest BCUT2D eigenvalue weighted by atomic mass is 32.3. The Bertz CT molecular complexity index is 4850. The van der Waals surface area contributed by atoms with E-state index in [4.69, 9.17) is 0 Å². The van der Waals surface area contributed by atoms with Crippen LogP contribution in [0.2, 0.25) is 0 Å². The van der Waals surface area contributed by atoms with Gasteiger partial charge in [-0.05, 0) is 177 Å². The number of benzene rings is 12. The minimum absolute atomic E-state index is 0.261. The van der Waals surface area contributed by atoms with Crippen molar-refractivity contribution in [2.45, 2.75) is 23.4 Å². The Labute approximate surface area is 484 Å². The van der Waals surface area contributed by atoms with Crippen molar-refractivity contribution in [3.63, 3.8) is 0 Å². The largest absolute Gasteiger partial charge is 0.534 e. The second-order valence-electron chi connectivity index (χ2n) is 19.5. The van der Waals surface area contributed by atoms with Crippen LogP contribution in [0.1, 0.15) is 5.56 Å². The summed E-state index contributed by atoms with van der Waals surface area (Å²) in [4.78, 5) is 0. The van der Waals surface area contributed by atoms with Gasteiger partial charge in [-0.25, -0.2) is 0 Å². The number of phenolic OH excluding ortho intramolecular Hbond substituents is 2. The number of hydrogen-bond acceptors (Lipinski definition) is 10.